The molecule has 2 unspecified atom stereocenters. The molecule has 1 N–H and O–H groups in total. The first kappa shape index (κ1) is 13.5. The maximum Gasteiger partial charge on any atom is 0.0249 e. The Morgan fingerprint density at radius 2 is 1.53 bits per heavy atom. The summed E-state index contributed by atoms with van der Waals surface area (Å²) in [5.74, 6) is 1.84. The quantitative estimate of drug-likeness (QED) is 0.771. The third-order valence-electron chi connectivity index (χ3n) is 4.14. The van der Waals surface area contributed by atoms with Gasteiger partial charge in [-0.25, -0.2) is 0 Å². The van der Waals surface area contributed by atoms with Crippen molar-refractivity contribution in [2.75, 3.05) is 24.6 Å². The topological polar surface area (TPSA) is 32.3 Å². The maximum atomic E-state index is 11.4. The second-order valence-electron chi connectivity index (χ2n) is 5.66. The third-order valence-corrected chi connectivity index (χ3v) is 5.52. The molecule has 2 aliphatic rings. The summed E-state index contributed by atoms with van der Waals surface area (Å²) in [6.07, 6.45) is 4.76. The van der Waals surface area contributed by atoms with Gasteiger partial charge in [0, 0.05) is 40.4 Å². The number of nitrogens with one attached hydrogen (secondary N) is 1. The molecule has 0 bridgehead atoms. The maximum absolute atomic E-state index is 11.4. The fraction of sp³-hybridized carbons (Fsp3) is 1.00. The monoisotopic (exact) mass is 258 g/mol. The summed E-state index contributed by atoms with van der Waals surface area (Å²) < 4.78 is 11.4. The van der Waals surface area contributed by atoms with E-state index >= 15 is 0 Å². The molecule has 2 atom stereocenters. The van der Waals surface area contributed by atoms with Crippen LogP contribution in [0.5, 0.6) is 0 Å². The lowest BCUT2D eigenvalue weighted by atomic mass is 10.0. The van der Waals surface area contributed by atoms with Crippen LogP contribution in [0.4, 0.5) is 0 Å². The highest BCUT2D eigenvalue weighted by Gasteiger charge is 2.25. The van der Waals surface area contributed by atoms with Gasteiger partial charge < -0.3 is 10.2 Å². The van der Waals surface area contributed by atoms with E-state index < -0.39 is 10.8 Å². The fourth-order valence-electron chi connectivity index (χ4n) is 2.99. The first-order valence-corrected chi connectivity index (χ1v) is 8.49. The molecule has 2 fully saturated rings. The van der Waals surface area contributed by atoms with Crippen LogP contribution >= 0.6 is 0 Å². The van der Waals surface area contributed by atoms with Crippen LogP contribution in [0.3, 0.4) is 0 Å². The highest BCUT2D eigenvalue weighted by Crippen LogP contribution is 2.18. The van der Waals surface area contributed by atoms with E-state index in [0.717, 1.165) is 24.3 Å². The van der Waals surface area contributed by atoms with E-state index in [1.807, 2.05) is 0 Å². The minimum Gasteiger partial charge on any atom is -0.312 e. The molecule has 0 aromatic heterocycles. The molecule has 0 saturated carbocycles. The summed E-state index contributed by atoms with van der Waals surface area (Å²) >= 11 is 0. The lowest BCUT2D eigenvalue weighted by Crippen LogP contribution is -2.47. The van der Waals surface area contributed by atoms with Crippen LogP contribution in [0.1, 0.15) is 39.5 Å². The highest BCUT2D eigenvalue weighted by atomic mass is 32.2. The van der Waals surface area contributed by atoms with Crippen molar-refractivity contribution < 1.29 is 4.21 Å². The first-order chi connectivity index (χ1) is 8.15. The van der Waals surface area contributed by atoms with Crippen LogP contribution in [-0.2, 0) is 10.8 Å². The molecule has 100 valence electrons. The molecule has 0 spiro atoms. The average molecular weight is 258 g/mol. The normalized spacial score (nSPS) is 41.8. The summed E-state index contributed by atoms with van der Waals surface area (Å²) in [5.41, 5.74) is 0. The molecule has 0 amide bonds. The van der Waals surface area contributed by atoms with Crippen molar-refractivity contribution in [1.82, 2.24) is 10.2 Å². The standard InChI is InChI=1S/C13H26N2OS/c1-11-3-7-15(8-4-12(2)14-11)13-5-9-17(16)10-6-13/h11-14H,3-10H2,1-2H3. The van der Waals surface area contributed by atoms with E-state index in [1.54, 1.807) is 0 Å². The van der Waals surface area contributed by atoms with E-state index in [2.05, 4.69) is 24.1 Å². The van der Waals surface area contributed by atoms with Gasteiger partial charge in [0.1, 0.15) is 0 Å². The molecule has 3 nitrogen and oxygen atoms in total. The summed E-state index contributed by atoms with van der Waals surface area (Å²) in [6.45, 7) is 6.99. The molecule has 4 heteroatoms. The lowest BCUT2D eigenvalue weighted by molar-refractivity contribution is 0.153. The zero-order chi connectivity index (χ0) is 12.3. The zero-order valence-electron chi connectivity index (χ0n) is 11.2. The van der Waals surface area contributed by atoms with E-state index in [0.29, 0.717) is 18.1 Å². The predicted octanol–water partition coefficient (Wildman–Crippen LogP) is 1.36. The van der Waals surface area contributed by atoms with Crippen LogP contribution in [-0.4, -0.2) is 51.8 Å². The average Bonchev–Trinajstić information content (AvgIpc) is 2.28. The van der Waals surface area contributed by atoms with E-state index in [4.69, 9.17) is 0 Å². The van der Waals surface area contributed by atoms with Crippen molar-refractivity contribution in [3.8, 4) is 0 Å². The van der Waals surface area contributed by atoms with Crippen molar-refractivity contribution in [1.29, 1.82) is 0 Å². The van der Waals surface area contributed by atoms with Gasteiger partial charge >= 0.3 is 0 Å². The summed E-state index contributed by atoms with van der Waals surface area (Å²) in [5, 5.41) is 3.64. The highest BCUT2D eigenvalue weighted by molar-refractivity contribution is 7.85. The number of hydrogen-bond acceptors (Lipinski definition) is 3. The van der Waals surface area contributed by atoms with Gasteiger partial charge in [0.05, 0.1) is 0 Å². The van der Waals surface area contributed by atoms with Crippen molar-refractivity contribution in [2.24, 2.45) is 0 Å². The van der Waals surface area contributed by atoms with Gasteiger partial charge in [0.25, 0.3) is 0 Å². The van der Waals surface area contributed by atoms with Gasteiger partial charge in [0.15, 0.2) is 0 Å². The van der Waals surface area contributed by atoms with Crippen LogP contribution in [0.15, 0.2) is 0 Å². The van der Waals surface area contributed by atoms with Crippen molar-refractivity contribution in [2.45, 2.75) is 57.7 Å². The van der Waals surface area contributed by atoms with Crippen molar-refractivity contribution in [3.63, 3.8) is 0 Å². The Balaban J connectivity index is 1.88. The molecule has 2 rings (SSSR count). The molecule has 0 radical (unpaired) electrons. The van der Waals surface area contributed by atoms with Crippen LogP contribution in [0.2, 0.25) is 0 Å². The minimum absolute atomic E-state index is 0.526. The molecular formula is C13H26N2OS. The SMILES string of the molecule is CC1CCN(C2CCS(=O)CC2)CCC(C)N1. The second kappa shape index (κ2) is 6.30. The van der Waals surface area contributed by atoms with Crippen LogP contribution < -0.4 is 5.32 Å². The van der Waals surface area contributed by atoms with Crippen LogP contribution in [0.25, 0.3) is 0 Å². The Bertz CT molecular complexity index is 250. The molecule has 17 heavy (non-hydrogen) atoms. The first-order valence-electron chi connectivity index (χ1n) is 7.00. The molecule has 2 aliphatic heterocycles. The third kappa shape index (κ3) is 4.04. The molecule has 2 saturated heterocycles. The van der Waals surface area contributed by atoms with E-state index in [1.165, 1.54) is 25.9 Å². The Morgan fingerprint density at radius 3 is 2.06 bits per heavy atom. The zero-order valence-corrected chi connectivity index (χ0v) is 12.0. The Labute approximate surface area is 108 Å². The summed E-state index contributed by atoms with van der Waals surface area (Å²) in [7, 11) is -0.526. The van der Waals surface area contributed by atoms with E-state index in [9.17, 15) is 4.21 Å². The minimum atomic E-state index is -0.526. The van der Waals surface area contributed by atoms with Crippen molar-refractivity contribution in [3.05, 3.63) is 0 Å². The number of nitrogens with zero attached hydrogens (tertiary/aromatic N) is 1. The number of hydrogen-bond donors (Lipinski definition) is 1. The second-order valence-corrected chi connectivity index (χ2v) is 7.36. The van der Waals surface area contributed by atoms with Gasteiger partial charge in [-0.1, -0.05) is 0 Å². The lowest BCUT2D eigenvalue weighted by Gasteiger charge is -2.37. The van der Waals surface area contributed by atoms with Gasteiger partial charge in [-0.2, -0.15) is 0 Å². The predicted molar refractivity (Wildman–Crippen MR) is 73.8 cm³/mol. The van der Waals surface area contributed by atoms with Gasteiger partial charge in [-0.3, -0.25) is 4.21 Å². The van der Waals surface area contributed by atoms with Crippen molar-refractivity contribution >= 4 is 10.8 Å². The molecule has 0 aromatic rings. The number of rotatable bonds is 1. The van der Waals surface area contributed by atoms with Gasteiger partial charge in [-0.15, -0.1) is 0 Å². The Morgan fingerprint density at radius 1 is 1.00 bits per heavy atom. The summed E-state index contributed by atoms with van der Waals surface area (Å²) in [4.78, 5) is 2.66. The summed E-state index contributed by atoms with van der Waals surface area (Å²) in [6, 6.07) is 1.96. The van der Waals surface area contributed by atoms with E-state index in [-0.39, 0.29) is 0 Å². The largest absolute Gasteiger partial charge is 0.312 e. The van der Waals surface area contributed by atoms with Crippen LogP contribution in [0, 0.1) is 0 Å². The Hall–Kier alpha value is 0.0700. The Kier molecular flexibility index (Phi) is 5.00. The molecule has 0 aliphatic carbocycles. The van der Waals surface area contributed by atoms with Gasteiger partial charge in [0.2, 0.25) is 0 Å². The molecule has 0 aromatic carbocycles. The van der Waals surface area contributed by atoms with Gasteiger partial charge in [-0.05, 0) is 52.6 Å². The molecule has 2 heterocycles. The smallest absolute Gasteiger partial charge is 0.0249 e. The fourth-order valence-corrected chi connectivity index (χ4v) is 4.27. The molecular weight excluding hydrogens is 232 g/mol.